The number of benzene rings is 2. The van der Waals surface area contributed by atoms with Crippen molar-refractivity contribution < 1.29 is 9.59 Å². The van der Waals surface area contributed by atoms with Crippen LogP contribution in [0.3, 0.4) is 0 Å². The minimum atomic E-state index is 0.0125. The van der Waals surface area contributed by atoms with Crippen LogP contribution < -0.4 is 5.32 Å². The number of ketones is 2. The Hall–Kier alpha value is -2.42. The highest BCUT2D eigenvalue weighted by atomic mass is 16.1. The Balaban J connectivity index is 2.01. The third-order valence-electron chi connectivity index (χ3n) is 3.10. The van der Waals surface area contributed by atoms with Gasteiger partial charge in [0.15, 0.2) is 11.6 Å². The average Bonchev–Trinajstić information content (AvgIpc) is 2.46. The van der Waals surface area contributed by atoms with Crippen LogP contribution in [0.2, 0.25) is 0 Å². The Bertz CT molecular complexity index is 630. The summed E-state index contributed by atoms with van der Waals surface area (Å²) in [5.74, 6) is 0.0386. The van der Waals surface area contributed by atoms with E-state index in [0.717, 1.165) is 11.3 Å². The molecule has 0 aliphatic rings. The normalized spacial score (nSPS) is 10.1. The molecule has 0 saturated heterocycles. The number of hydrogen-bond acceptors (Lipinski definition) is 3. The molecular weight excluding hydrogens is 250 g/mol. The highest BCUT2D eigenvalue weighted by Gasteiger charge is 2.06. The highest BCUT2D eigenvalue weighted by Crippen LogP contribution is 2.11. The Morgan fingerprint density at radius 2 is 1.70 bits per heavy atom. The monoisotopic (exact) mass is 267 g/mol. The number of carbonyl (C=O) groups is 2. The first-order valence-electron chi connectivity index (χ1n) is 6.51. The zero-order valence-electron chi connectivity index (χ0n) is 11.6. The molecule has 0 amide bonds. The zero-order valence-corrected chi connectivity index (χ0v) is 11.6. The van der Waals surface area contributed by atoms with E-state index >= 15 is 0 Å². The molecule has 0 spiro atoms. The van der Waals surface area contributed by atoms with Crippen LogP contribution in [0.1, 0.15) is 33.2 Å². The fourth-order valence-electron chi connectivity index (χ4n) is 1.87. The summed E-state index contributed by atoms with van der Waals surface area (Å²) >= 11 is 0. The fourth-order valence-corrected chi connectivity index (χ4v) is 1.87. The number of hydrogen-bond donors (Lipinski definition) is 1. The highest BCUT2D eigenvalue weighted by molar-refractivity contribution is 5.99. The molecule has 0 saturated carbocycles. The lowest BCUT2D eigenvalue weighted by Gasteiger charge is -2.07. The van der Waals surface area contributed by atoms with E-state index in [1.54, 1.807) is 18.2 Å². The first kappa shape index (κ1) is 14.0. The van der Waals surface area contributed by atoms with Crippen molar-refractivity contribution in [1.29, 1.82) is 0 Å². The number of carbonyl (C=O) groups excluding carboxylic acids is 2. The van der Waals surface area contributed by atoms with E-state index in [0.29, 0.717) is 11.1 Å². The third kappa shape index (κ3) is 3.54. The van der Waals surface area contributed by atoms with Crippen LogP contribution in [-0.4, -0.2) is 18.1 Å². The molecule has 3 heteroatoms. The quantitative estimate of drug-likeness (QED) is 0.843. The van der Waals surface area contributed by atoms with Gasteiger partial charge in [-0.1, -0.05) is 42.0 Å². The lowest BCUT2D eigenvalue weighted by Crippen LogP contribution is -2.14. The molecule has 2 rings (SSSR count). The fraction of sp³-hybridized carbons (Fsp3) is 0.176. The van der Waals surface area contributed by atoms with Crippen LogP contribution in [0.25, 0.3) is 0 Å². The molecule has 1 N–H and O–H groups in total. The average molecular weight is 267 g/mol. The number of Topliss-reactive ketones (excluding diaryl/α,β-unsaturated/α-hetero) is 2. The van der Waals surface area contributed by atoms with Crippen LogP contribution >= 0.6 is 0 Å². The second-order valence-corrected chi connectivity index (χ2v) is 4.78. The summed E-state index contributed by atoms with van der Waals surface area (Å²) in [6.07, 6.45) is 0. The van der Waals surface area contributed by atoms with Crippen molar-refractivity contribution in [2.75, 3.05) is 11.9 Å². The number of nitrogens with one attached hydrogen (secondary N) is 1. The summed E-state index contributed by atoms with van der Waals surface area (Å²) in [5, 5.41) is 3.05. The molecule has 0 bridgehead atoms. The molecule has 102 valence electrons. The smallest absolute Gasteiger partial charge is 0.181 e. The lowest BCUT2D eigenvalue weighted by atomic mass is 10.1. The molecule has 20 heavy (non-hydrogen) atoms. The first-order valence-corrected chi connectivity index (χ1v) is 6.51. The molecule has 0 atom stereocenters. The van der Waals surface area contributed by atoms with Gasteiger partial charge in [-0.05, 0) is 26.0 Å². The van der Waals surface area contributed by atoms with Crippen molar-refractivity contribution in [2.45, 2.75) is 13.8 Å². The Morgan fingerprint density at radius 3 is 2.35 bits per heavy atom. The third-order valence-corrected chi connectivity index (χ3v) is 3.10. The largest absolute Gasteiger partial charge is 0.378 e. The maximum Gasteiger partial charge on any atom is 0.181 e. The van der Waals surface area contributed by atoms with Crippen LogP contribution in [-0.2, 0) is 0 Å². The molecule has 0 aliphatic heterocycles. The molecule has 0 heterocycles. The summed E-state index contributed by atoms with van der Waals surface area (Å²) in [7, 11) is 0. The van der Waals surface area contributed by atoms with E-state index < -0.39 is 0 Å². The lowest BCUT2D eigenvalue weighted by molar-refractivity contribution is 0.100. The minimum absolute atomic E-state index is 0.0125. The standard InChI is InChI=1S/C17H17NO2/c1-12-6-8-14(9-7-12)17(20)11-18-16-5-3-4-15(10-16)13(2)19/h3-10,18H,11H2,1-2H3. The van der Waals surface area contributed by atoms with Gasteiger partial charge in [-0.15, -0.1) is 0 Å². The van der Waals surface area contributed by atoms with Gasteiger partial charge in [0, 0.05) is 16.8 Å². The van der Waals surface area contributed by atoms with Gasteiger partial charge >= 0.3 is 0 Å². The van der Waals surface area contributed by atoms with E-state index in [2.05, 4.69) is 5.32 Å². The minimum Gasteiger partial charge on any atom is -0.378 e. The van der Waals surface area contributed by atoms with Gasteiger partial charge in [-0.25, -0.2) is 0 Å². The molecule has 2 aromatic rings. The topological polar surface area (TPSA) is 46.2 Å². The van der Waals surface area contributed by atoms with Crippen molar-refractivity contribution in [3.63, 3.8) is 0 Å². The van der Waals surface area contributed by atoms with E-state index in [4.69, 9.17) is 0 Å². The Morgan fingerprint density at radius 1 is 1.00 bits per heavy atom. The second kappa shape index (κ2) is 6.15. The molecule has 0 aromatic heterocycles. The summed E-state index contributed by atoms with van der Waals surface area (Å²) in [4.78, 5) is 23.3. The van der Waals surface area contributed by atoms with Gasteiger partial charge in [0.1, 0.15) is 0 Å². The van der Waals surface area contributed by atoms with Crippen LogP contribution in [0.15, 0.2) is 48.5 Å². The van der Waals surface area contributed by atoms with Crippen LogP contribution in [0, 0.1) is 6.92 Å². The molecule has 2 aromatic carbocycles. The summed E-state index contributed by atoms with van der Waals surface area (Å²) in [6.45, 7) is 3.72. The van der Waals surface area contributed by atoms with Crippen LogP contribution in [0.4, 0.5) is 5.69 Å². The van der Waals surface area contributed by atoms with Crippen molar-refractivity contribution in [2.24, 2.45) is 0 Å². The maximum atomic E-state index is 12.0. The number of aryl methyl sites for hydroxylation is 1. The van der Waals surface area contributed by atoms with Gasteiger partial charge in [0.2, 0.25) is 0 Å². The predicted molar refractivity (Wildman–Crippen MR) is 80.4 cm³/mol. The summed E-state index contributed by atoms with van der Waals surface area (Å²) in [5.41, 5.74) is 3.23. The van der Waals surface area contributed by atoms with Gasteiger partial charge in [-0.3, -0.25) is 9.59 Å². The molecule has 0 fully saturated rings. The van der Waals surface area contributed by atoms with E-state index in [1.807, 2.05) is 37.3 Å². The Kier molecular flexibility index (Phi) is 4.31. The second-order valence-electron chi connectivity index (χ2n) is 4.78. The Labute approximate surface area is 118 Å². The van der Waals surface area contributed by atoms with Crippen molar-refractivity contribution in [3.8, 4) is 0 Å². The van der Waals surface area contributed by atoms with Crippen molar-refractivity contribution in [3.05, 3.63) is 65.2 Å². The van der Waals surface area contributed by atoms with Crippen molar-refractivity contribution >= 4 is 17.3 Å². The van der Waals surface area contributed by atoms with E-state index in [1.165, 1.54) is 6.92 Å². The predicted octanol–water partition coefficient (Wildman–Crippen LogP) is 3.49. The van der Waals surface area contributed by atoms with Gasteiger partial charge in [0.25, 0.3) is 0 Å². The number of rotatable bonds is 5. The summed E-state index contributed by atoms with van der Waals surface area (Å²) in [6, 6.07) is 14.6. The maximum absolute atomic E-state index is 12.0. The van der Waals surface area contributed by atoms with Gasteiger partial charge < -0.3 is 5.32 Å². The van der Waals surface area contributed by atoms with Crippen LogP contribution in [0.5, 0.6) is 0 Å². The van der Waals surface area contributed by atoms with Gasteiger partial charge in [0.05, 0.1) is 6.54 Å². The molecular formula is C17H17NO2. The molecule has 3 nitrogen and oxygen atoms in total. The van der Waals surface area contributed by atoms with Crippen molar-refractivity contribution in [1.82, 2.24) is 0 Å². The van der Waals surface area contributed by atoms with E-state index in [9.17, 15) is 9.59 Å². The molecule has 0 aliphatic carbocycles. The van der Waals surface area contributed by atoms with E-state index in [-0.39, 0.29) is 18.1 Å². The SMILES string of the molecule is CC(=O)c1cccc(NCC(=O)c2ccc(C)cc2)c1. The molecule has 0 radical (unpaired) electrons. The molecule has 0 unspecified atom stereocenters. The van der Waals surface area contributed by atoms with Gasteiger partial charge in [-0.2, -0.15) is 0 Å². The summed E-state index contributed by atoms with van der Waals surface area (Å²) < 4.78 is 0. The first-order chi connectivity index (χ1) is 9.56. The zero-order chi connectivity index (χ0) is 14.5. The number of anilines is 1.